The van der Waals surface area contributed by atoms with Gasteiger partial charge in [-0.05, 0) is 12.1 Å². The molecule has 100 valence electrons. The summed E-state index contributed by atoms with van der Waals surface area (Å²) < 4.78 is 18.3. The fourth-order valence-electron chi connectivity index (χ4n) is 1.39. The molecule has 0 saturated carbocycles. The number of hydrogen-bond acceptors (Lipinski definition) is 2. The molecule has 0 aromatic heterocycles. The molecule has 0 bridgehead atoms. The molecule has 18 heavy (non-hydrogen) atoms. The first-order valence-electron chi connectivity index (χ1n) is 5.37. The third-order valence-electron chi connectivity index (χ3n) is 2.27. The van der Waals surface area contributed by atoms with E-state index in [4.69, 9.17) is 16.3 Å². The van der Waals surface area contributed by atoms with Crippen LogP contribution in [-0.2, 0) is 16.0 Å². The smallest absolute Gasteiger partial charge is 0.224 e. The fraction of sp³-hybridized carbons (Fsp3) is 0.417. The summed E-state index contributed by atoms with van der Waals surface area (Å²) in [4.78, 5) is 11.7. The number of methoxy groups -OCH3 is 1. The molecule has 0 aliphatic rings. The number of amides is 1. The Balaban J connectivity index is 2.50. The Morgan fingerprint density at radius 3 is 2.94 bits per heavy atom. The number of alkyl halides is 1. The first-order chi connectivity index (χ1) is 8.54. The zero-order chi connectivity index (χ0) is 13.5. The highest BCUT2D eigenvalue weighted by atomic mass is 79.9. The molecule has 0 spiro atoms. The highest BCUT2D eigenvalue weighted by molar-refractivity contribution is 9.09. The largest absolute Gasteiger partial charge is 0.383 e. The number of nitrogens with one attached hydrogen (secondary N) is 1. The Labute approximate surface area is 119 Å². The second-order valence-electron chi connectivity index (χ2n) is 3.73. The molecule has 0 heterocycles. The molecule has 0 fully saturated rings. The standard InChI is InChI=1S/C12H14BrClFNO2/c1-18-7-8(13)6-16-12(17)5-9-10(14)3-2-4-11(9)15/h2-4,8H,5-7H2,1H3,(H,16,17). The van der Waals surface area contributed by atoms with Gasteiger partial charge in [0.1, 0.15) is 5.82 Å². The van der Waals surface area contributed by atoms with Gasteiger partial charge in [0.05, 0.1) is 17.9 Å². The van der Waals surface area contributed by atoms with Gasteiger partial charge >= 0.3 is 0 Å². The lowest BCUT2D eigenvalue weighted by atomic mass is 10.1. The average molecular weight is 339 g/mol. The van der Waals surface area contributed by atoms with Crippen LogP contribution in [0.1, 0.15) is 5.56 Å². The monoisotopic (exact) mass is 337 g/mol. The number of benzene rings is 1. The number of ether oxygens (including phenoxy) is 1. The lowest BCUT2D eigenvalue weighted by Crippen LogP contribution is -2.32. The maximum absolute atomic E-state index is 13.4. The van der Waals surface area contributed by atoms with E-state index in [1.807, 2.05) is 0 Å². The predicted molar refractivity (Wildman–Crippen MR) is 72.7 cm³/mol. The van der Waals surface area contributed by atoms with Gasteiger partial charge in [-0.25, -0.2) is 4.39 Å². The van der Waals surface area contributed by atoms with Gasteiger partial charge in [0.15, 0.2) is 0 Å². The molecular formula is C12H14BrClFNO2. The molecular weight excluding hydrogens is 324 g/mol. The van der Waals surface area contributed by atoms with Gasteiger partial charge < -0.3 is 10.1 Å². The molecule has 0 aliphatic carbocycles. The molecule has 1 N–H and O–H groups in total. The maximum atomic E-state index is 13.4. The maximum Gasteiger partial charge on any atom is 0.224 e. The van der Waals surface area contributed by atoms with Crippen LogP contribution < -0.4 is 5.32 Å². The topological polar surface area (TPSA) is 38.3 Å². The van der Waals surface area contributed by atoms with Crippen molar-refractivity contribution in [1.82, 2.24) is 5.32 Å². The summed E-state index contributed by atoms with van der Waals surface area (Å²) in [6.07, 6.45) is -0.0712. The van der Waals surface area contributed by atoms with E-state index in [0.717, 1.165) is 0 Å². The van der Waals surface area contributed by atoms with Crippen molar-refractivity contribution in [3.63, 3.8) is 0 Å². The molecule has 1 unspecified atom stereocenters. The molecule has 0 radical (unpaired) electrons. The molecule has 6 heteroatoms. The SMILES string of the molecule is COCC(Br)CNC(=O)Cc1c(F)cccc1Cl. The van der Waals surface area contributed by atoms with Crippen LogP contribution in [0, 0.1) is 5.82 Å². The van der Waals surface area contributed by atoms with Crippen molar-refractivity contribution in [3.05, 3.63) is 34.6 Å². The molecule has 1 amide bonds. The zero-order valence-corrected chi connectivity index (χ0v) is 12.2. The van der Waals surface area contributed by atoms with E-state index in [1.54, 1.807) is 13.2 Å². The fourth-order valence-corrected chi connectivity index (χ4v) is 2.04. The molecule has 1 atom stereocenters. The van der Waals surface area contributed by atoms with Gasteiger partial charge in [-0.3, -0.25) is 4.79 Å². The Hall–Kier alpha value is -0.650. The van der Waals surface area contributed by atoms with Crippen LogP contribution in [0.2, 0.25) is 5.02 Å². The van der Waals surface area contributed by atoms with Gasteiger partial charge in [0.2, 0.25) is 5.91 Å². The lowest BCUT2D eigenvalue weighted by Gasteiger charge is -2.11. The van der Waals surface area contributed by atoms with E-state index in [2.05, 4.69) is 21.2 Å². The lowest BCUT2D eigenvalue weighted by molar-refractivity contribution is -0.120. The quantitative estimate of drug-likeness (QED) is 0.810. The minimum atomic E-state index is -0.468. The van der Waals surface area contributed by atoms with Crippen LogP contribution in [0.3, 0.4) is 0 Å². The van der Waals surface area contributed by atoms with Gasteiger partial charge in [0.25, 0.3) is 0 Å². The van der Waals surface area contributed by atoms with Crippen LogP contribution in [0.5, 0.6) is 0 Å². The van der Waals surface area contributed by atoms with Gasteiger partial charge in [-0.2, -0.15) is 0 Å². The van der Waals surface area contributed by atoms with Crippen molar-refractivity contribution in [2.75, 3.05) is 20.3 Å². The Kier molecular flexibility index (Phi) is 6.60. The summed E-state index contributed by atoms with van der Waals surface area (Å²) in [5.41, 5.74) is 0.217. The van der Waals surface area contributed by atoms with Crippen LogP contribution in [0.15, 0.2) is 18.2 Å². The zero-order valence-electron chi connectivity index (χ0n) is 9.88. The second kappa shape index (κ2) is 7.71. The third kappa shape index (κ3) is 4.92. The Morgan fingerprint density at radius 1 is 1.61 bits per heavy atom. The van der Waals surface area contributed by atoms with Crippen molar-refractivity contribution >= 4 is 33.4 Å². The minimum Gasteiger partial charge on any atom is -0.383 e. The highest BCUT2D eigenvalue weighted by Crippen LogP contribution is 2.19. The van der Waals surface area contributed by atoms with Crippen LogP contribution in [0.4, 0.5) is 4.39 Å². The number of hydrogen-bond donors (Lipinski definition) is 1. The van der Waals surface area contributed by atoms with Gasteiger partial charge in [-0.15, -0.1) is 0 Å². The first-order valence-corrected chi connectivity index (χ1v) is 6.66. The summed E-state index contributed by atoms with van der Waals surface area (Å²) in [7, 11) is 1.58. The van der Waals surface area contributed by atoms with Crippen molar-refractivity contribution < 1.29 is 13.9 Å². The van der Waals surface area contributed by atoms with E-state index in [-0.39, 0.29) is 27.7 Å². The molecule has 1 aromatic carbocycles. The molecule has 0 aliphatic heterocycles. The van der Waals surface area contributed by atoms with E-state index in [1.165, 1.54) is 12.1 Å². The van der Waals surface area contributed by atoms with Crippen molar-refractivity contribution in [2.45, 2.75) is 11.2 Å². The van der Waals surface area contributed by atoms with Crippen LogP contribution in [0.25, 0.3) is 0 Å². The van der Waals surface area contributed by atoms with E-state index >= 15 is 0 Å². The summed E-state index contributed by atoms with van der Waals surface area (Å²) in [5.74, 6) is -0.743. The normalized spacial score (nSPS) is 12.2. The summed E-state index contributed by atoms with van der Waals surface area (Å²) >= 11 is 9.18. The summed E-state index contributed by atoms with van der Waals surface area (Å²) in [6, 6.07) is 4.35. The predicted octanol–water partition coefficient (Wildman–Crippen LogP) is 2.55. The Bertz CT molecular complexity index is 397. The number of halogens is 3. The molecule has 1 rings (SSSR count). The minimum absolute atomic E-state index is 0.0301. The Morgan fingerprint density at radius 2 is 2.33 bits per heavy atom. The average Bonchev–Trinajstić information content (AvgIpc) is 2.32. The van der Waals surface area contributed by atoms with E-state index in [9.17, 15) is 9.18 Å². The van der Waals surface area contributed by atoms with E-state index in [0.29, 0.717) is 13.2 Å². The third-order valence-corrected chi connectivity index (χ3v) is 3.21. The van der Waals surface area contributed by atoms with Crippen molar-refractivity contribution in [1.29, 1.82) is 0 Å². The summed E-state index contributed by atoms with van der Waals surface area (Å²) in [5, 5.41) is 2.94. The highest BCUT2D eigenvalue weighted by Gasteiger charge is 2.12. The van der Waals surface area contributed by atoms with E-state index < -0.39 is 5.82 Å². The molecule has 3 nitrogen and oxygen atoms in total. The first kappa shape index (κ1) is 15.4. The van der Waals surface area contributed by atoms with Gasteiger partial charge in [0, 0.05) is 24.2 Å². The summed E-state index contributed by atoms with van der Waals surface area (Å²) in [6.45, 7) is 0.902. The van der Waals surface area contributed by atoms with Crippen molar-refractivity contribution in [3.8, 4) is 0 Å². The molecule has 1 aromatic rings. The van der Waals surface area contributed by atoms with Gasteiger partial charge in [-0.1, -0.05) is 33.6 Å². The number of carbonyl (C=O) groups excluding carboxylic acids is 1. The number of carbonyl (C=O) groups is 1. The van der Waals surface area contributed by atoms with Crippen LogP contribution in [-0.4, -0.2) is 31.0 Å². The number of rotatable bonds is 6. The second-order valence-corrected chi connectivity index (χ2v) is 5.44. The van der Waals surface area contributed by atoms with Crippen LogP contribution >= 0.6 is 27.5 Å². The van der Waals surface area contributed by atoms with Crippen molar-refractivity contribution in [2.24, 2.45) is 0 Å². The molecule has 0 saturated heterocycles.